The average molecular weight is 300 g/mol. The predicted molar refractivity (Wildman–Crippen MR) is 79.0 cm³/mol. The van der Waals surface area contributed by atoms with Crippen LogP contribution in [0.4, 0.5) is 0 Å². The number of hydrogen-bond donors (Lipinski definition) is 0. The molecule has 1 amide bonds. The van der Waals surface area contributed by atoms with Crippen molar-refractivity contribution in [3.63, 3.8) is 0 Å². The third kappa shape index (κ3) is 4.04. The molecule has 1 saturated heterocycles. The molecule has 0 N–H and O–H groups in total. The summed E-state index contributed by atoms with van der Waals surface area (Å²) in [6.07, 6.45) is 2.92. The van der Waals surface area contributed by atoms with Gasteiger partial charge in [-0.15, -0.1) is 0 Å². The maximum atomic E-state index is 12.4. The van der Waals surface area contributed by atoms with E-state index in [1.54, 1.807) is 4.90 Å². The number of carbonyl (C=O) groups excluding carboxylic acids is 3. The zero-order valence-corrected chi connectivity index (χ0v) is 12.5. The summed E-state index contributed by atoms with van der Waals surface area (Å²) in [5.74, 6) is -1.72. The van der Waals surface area contributed by atoms with E-state index in [2.05, 4.69) is 0 Å². The molecule has 22 heavy (non-hydrogen) atoms. The zero-order chi connectivity index (χ0) is 16.1. The summed E-state index contributed by atoms with van der Waals surface area (Å²) in [4.78, 5) is 36.0. The number of carboxylic acid groups (broad SMARTS) is 1. The molecule has 0 spiro atoms. The predicted octanol–water partition coefficient (Wildman–Crippen LogP) is 0.722. The second-order valence-corrected chi connectivity index (χ2v) is 5.48. The highest BCUT2D eigenvalue weighted by molar-refractivity contribution is 5.98. The van der Waals surface area contributed by atoms with Gasteiger partial charge in [-0.05, 0) is 25.8 Å². The highest BCUT2D eigenvalue weighted by atomic mass is 16.4. The van der Waals surface area contributed by atoms with Crippen LogP contribution in [0.25, 0.3) is 0 Å². The number of hydrogen-bond acceptors (Lipinski definition) is 4. The van der Waals surface area contributed by atoms with Crippen LogP contribution in [0.5, 0.6) is 0 Å². The Hall–Kier alpha value is -2.43. The fourth-order valence-electron chi connectivity index (χ4n) is 2.56. The third-order valence-electron chi connectivity index (χ3n) is 3.88. The Labute approximate surface area is 129 Å². The summed E-state index contributed by atoms with van der Waals surface area (Å²) in [7, 11) is 0. The van der Waals surface area contributed by atoms with Gasteiger partial charge in [0.2, 0.25) is 5.91 Å². The van der Waals surface area contributed by atoms with E-state index in [1.165, 1.54) is 0 Å². The van der Waals surface area contributed by atoms with Crippen molar-refractivity contribution >= 4 is 17.7 Å². The van der Waals surface area contributed by atoms with Gasteiger partial charge in [0.1, 0.15) is 0 Å². The van der Waals surface area contributed by atoms with Crippen molar-refractivity contribution in [1.29, 1.82) is 0 Å². The average Bonchev–Trinajstić information content (AvgIpc) is 2.53. The molecule has 0 unspecified atom stereocenters. The molecule has 5 nitrogen and oxygen atoms in total. The quantitative estimate of drug-likeness (QED) is 0.606. The van der Waals surface area contributed by atoms with E-state index in [4.69, 9.17) is 0 Å². The lowest BCUT2D eigenvalue weighted by atomic mass is 9.88. The Balaban J connectivity index is 1.91. The van der Waals surface area contributed by atoms with Crippen molar-refractivity contribution in [1.82, 2.24) is 4.90 Å². The van der Waals surface area contributed by atoms with Crippen LogP contribution in [-0.4, -0.2) is 35.6 Å². The van der Waals surface area contributed by atoms with Gasteiger partial charge in [0.05, 0.1) is 5.97 Å². The van der Waals surface area contributed by atoms with Gasteiger partial charge < -0.3 is 14.8 Å². The standard InChI is InChI=1S/C17H19NO4/c1-12-2-4-13(5-3-12)17(22)14-8-10-18(11-9-14)15(19)6-7-16(20)21/h2-7,14H,8-11H2,1H3,(H,20,21)/p-1/b7-6+. The number of amides is 1. The molecule has 0 bridgehead atoms. The van der Waals surface area contributed by atoms with Gasteiger partial charge in [-0.3, -0.25) is 9.59 Å². The first-order chi connectivity index (χ1) is 10.5. The Morgan fingerprint density at radius 2 is 1.68 bits per heavy atom. The largest absolute Gasteiger partial charge is 0.545 e. The Morgan fingerprint density at radius 3 is 2.23 bits per heavy atom. The molecule has 0 aromatic heterocycles. The molecule has 1 aromatic rings. The summed E-state index contributed by atoms with van der Waals surface area (Å²) in [5.41, 5.74) is 1.81. The Bertz CT molecular complexity index is 596. The molecule has 0 aliphatic carbocycles. The maximum Gasteiger partial charge on any atom is 0.246 e. The van der Waals surface area contributed by atoms with Gasteiger partial charge in [-0.1, -0.05) is 29.8 Å². The minimum absolute atomic E-state index is 0.0862. The number of carbonyl (C=O) groups is 3. The first kappa shape index (κ1) is 15.9. The van der Waals surface area contributed by atoms with Crippen LogP contribution in [0.3, 0.4) is 0 Å². The van der Waals surface area contributed by atoms with Crippen LogP contribution in [0.1, 0.15) is 28.8 Å². The number of piperidine rings is 1. The fraction of sp³-hybridized carbons (Fsp3) is 0.353. The van der Waals surface area contributed by atoms with Gasteiger partial charge in [0.15, 0.2) is 5.78 Å². The number of aliphatic carboxylic acids is 1. The van der Waals surface area contributed by atoms with Crippen LogP contribution >= 0.6 is 0 Å². The fourth-order valence-corrected chi connectivity index (χ4v) is 2.56. The highest BCUT2D eigenvalue weighted by Gasteiger charge is 2.27. The van der Waals surface area contributed by atoms with Crippen LogP contribution in [0.2, 0.25) is 0 Å². The van der Waals surface area contributed by atoms with Crippen LogP contribution < -0.4 is 5.11 Å². The van der Waals surface area contributed by atoms with Crippen molar-refractivity contribution in [2.45, 2.75) is 19.8 Å². The van der Waals surface area contributed by atoms with Crippen molar-refractivity contribution in [3.05, 3.63) is 47.5 Å². The number of aryl methyl sites for hydroxylation is 1. The van der Waals surface area contributed by atoms with Crippen molar-refractivity contribution in [3.8, 4) is 0 Å². The van der Waals surface area contributed by atoms with E-state index in [0.29, 0.717) is 31.5 Å². The second-order valence-electron chi connectivity index (χ2n) is 5.48. The minimum Gasteiger partial charge on any atom is -0.545 e. The number of ketones is 1. The molecule has 1 aliphatic heterocycles. The van der Waals surface area contributed by atoms with E-state index < -0.39 is 5.97 Å². The molecule has 1 aromatic carbocycles. The summed E-state index contributed by atoms with van der Waals surface area (Å²) in [6.45, 7) is 2.88. The Morgan fingerprint density at radius 1 is 1.09 bits per heavy atom. The van der Waals surface area contributed by atoms with E-state index in [1.807, 2.05) is 31.2 Å². The van der Waals surface area contributed by atoms with Crippen molar-refractivity contribution < 1.29 is 19.5 Å². The molecular weight excluding hydrogens is 282 g/mol. The number of Topliss-reactive ketones (excluding diaryl/α,β-unsaturated/α-hetero) is 1. The molecular formula is C17H18NO4-. The van der Waals surface area contributed by atoms with Crippen molar-refractivity contribution in [2.24, 2.45) is 5.92 Å². The summed E-state index contributed by atoms with van der Waals surface area (Å²) >= 11 is 0. The number of benzene rings is 1. The van der Waals surface area contributed by atoms with Crippen LogP contribution in [0.15, 0.2) is 36.4 Å². The number of nitrogens with zero attached hydrogens (tertiary/aromatic N) is 1. The third-order valence-corrected chi connectivity index (χ3v) is 3.88. The number of likely N-dealkylation sites (tertiary alicyclic amines) is 1. The highest BCUT2D eigenvalue weighted by Crippen LogP contribution is 2.22. The van der Waals surface area contributed by atoms with Gasteiger partial charge in [-0.25, -0.2) is 0 Å². The first-order valence-electron chi connectivity index (χ1n) is 7.26. The van der Waals surface area contributed by atoms with E-state index in [0.717, 1.165) is 17.7 Å². The van der Waals surface area contributed by atoms with Crippen LogP contribution in [0, 0.1) is 12.8 Å². The topological polar surface area (TPSA) is 77.5 Å². The number of carboxylic acids is 1. The summed E-state index contributed by atoms with van der Waals surface area (Å²) in [5, 5.41) is 10.3. The molecule has 0 saturated carbocycles. The van der Waals surface area contributed by atoms with Crippen LogP contribution in [-0.2, 0) is 9.59 Å². The lowest BCUT2D eigenvalue weighted by molar-refractivity contribution is -0.297. The van der Waals surface area contributed by atoms with E-state index in [-0.39, 0.29) is 17.6 Å². The molecule has 1 fully saturated rings. The molecule has 116 valence electrons. The van der Waals surface area contributed by atoms with Gasteiger partial charge in [-0.2, -0.15) is 0 Å². The Kier molecular flexibility index (Phi) is 5.09. The van der Waals surface area contributed by atoms with Crippen molar-refractivity contribution in [2.75, 3.05) is 13.1 Å². The van der Waals surface area contributed by atoms with Gasteiger partial charge in [0, 0.05) is 30.6 Å². The molecule has 1 heterocycles. The smallest absolute Gasteiger partial charge is 0.246 e. The van der Waals surface area contributed by atoms with Gasteiger partial charge >= 0.3 is 0 Å². The normalized spacial score (nSPS) is 16.0. The SMILES string of the molecule is Cc1ccc(C(=O)C2CCN(C(=O)/C=C/C(=O)[O-])CC2)cc1. The zero-order valence-electron chi connectivity index (χ0n) is 12.5. The summed E-state index contributed by atoms with van der Waals surface area (Å²) < 4.78 is 0. The molecule has 2 rings (SSSR count). The monoisotopic (exact) mass is 300 g/mol. The van der Waals surface area contributed by atoms with E-state index >= 15 is 0 Å². The number of rotatable bonds is 4. The molecule has 5 heteroatoms. The minimum atomic E-state index is -1.39. The lowest BCUT2D eigenvalue weighted by Crippen LogP contribution is -2.39. The summed E-state index contributed by atoms with van der Waals surface area (Å²) in [6, 6.07) is 7.49. The lowest BCUT2D eigenvalue weighted by Gasteiger charge is -2.30. The maximum absolute atomic E-state index is 12.4. The molecule has 0 atom stereocenters. The van der Waals surface area contributed by atoms with Gasteiger partial charge in [0.25, 0.3) is 0 Å². The molecule has 1 aliphatic rings. The molecule has 0 radical (unpaired) electrons. The van der Waals surface area contributed by atoms with E-state index in [9.17, 15) is 19.5 Å². The second kappa shape index (κ2) is 7.02. The first-order valence-corrected chi connectivity index (χ1v) is 7.26.